The molecule has 0 aromatic heterocycles. The molecule has 106 valence electrons. The van der Waals surface area contributed by atoms with Gasteiger partial charge in [-0.2, -0.15) is 0 Å². The Balaban J connectivity index is 2.17. The van der Waals surface area contributed by atoms with Gasteiger partial charge in [0.15, 0.2) is 5.78 Å². The number of ketones is 1. The molecule has 0 amide bonds. The Morgan fingerprint density at radius 1 is 1.00 bits per heavy atom. The van der Waals surface area contributed by atoms with E-state index in [1.165, 1.54) is 6.08 Å². The molecule has 0 aliphatic rings. The van der Waals surface area contributed by atoms with Crippen LogP contribution >= 0.6 is 0 Å². The van der Waals surface area contributed by atoms with Crippen molar-refractivity contribution in [3.8, 4) is 5.75 Å². The minimum atomic E-state index is -1.03. The van der Waals surface area contributed by atoms with Crippen molar-refractivity contribution in [2.45, 2.75) is 0 Å². The molecule has 0 unspecified atom stereocenters. The second-order valence-electron chi connectivity index (χ2n) is 4.24. The van der Waals surface area contributed by atoms with Gasteiger partial charge >= 0.3 is 5.97 Å². The molecule has 0 saturated carbocycles. The number of carboxylic acids is 1. The Hall–Kier alpha value is -2.88. The molecular formula is C17H14O4. The van der Waals surface area contributed by atoms with E-state index in [2.05, 4.69) is 0 Å². The molecule has 0 atom stereocenters. The molecule has 0 saturated heterocycles. The second-order valence-corrected chi connectivity index (χ2v) is 4.24. The molecule has 0 aliphatic carbocycles. The van der Waals surface area contributed by atoms with Crippen molar-refractivity contribution in [1.82, 2.24) is 0 Å². The molecule has 2 aromatic rings. The topological polar surface area (TPSA) is 63.6 Å². The number of ether oxygens (including phenoxy) is 1. The van der Waals surface area contributed by atoms with Crippen LogP contribution in [0.15, 0.2) is 66.7 Å². The third-order valence-corrected chi connectivity index (χ3v) is 2.76. The number of benzene rings is 2. The number of hydrogen-bond acceptors (Lipinski definition) is 3. The summed E-state index contributed by atoms with van der Waals surface area (Å²) in [5.41, 5.74) is 1.03. The van der Waals surface area contributed by atoms with Gasteiger partial charge in [-0.1, -0.05) is 42.5 Å². The molecule has 0 aliphatic heterocycles. The van der Waals surface area contributed by atoms with Crippen LogP contribution in [-0.2, 0) is 4.79 Å². The first-order chi connectivity index (χ1) is 10.2. The van der Waals surface area contributed by atoms with Crippen molar-refractivity contribution in [2.24, 2.45) is 0 Å². The first kappa shape index (κ1) is 14.5. The van der Waals surface area contributed by atoms with Crippen LogP contribution in [0.3, 0.4) is 0 Å². The van der Waals surface area contributed by atoms with Gasteiger partial charge in [-0.3, -0.25) is 4.79 Å². The second kappa shape index (κ2) is 7.05. The lowest BCUT2D eigenvalue weighted by Gasteiger charge is -2.09. The summed E-state index contributed by atoms with van der Waals surface area (Å²) in [4.78, 5) is 22.8. The smallest absolute Gasteiger partial charge is 0.328 e. The standard InChI is InChI=1S/C17H14O4/c18-16(19)11-6-12-21-15-10-5-4-9-14(15)17(20)13-7-2-1-3-8-13/h1-11H,12H2,(H,18,19). The van der Waals surface area contributed by atoms with Crippen LogP contribution in [0.25, 0.3) is 0 Å². The van der Waals surface area contributed by atoms with E-state index in [9.17, 15) is 9.59 Å². The lowest BCUT2D eigenvalue weighted by molar-refractivity contribution is -0.131. The summed E-state index contributed by atoms with van der Waals surface area (Å²) < 4.78 is 5.46. The number of carbonyl (C=O) groups is 2. The molecule has 0 heterocycles. The number of carboxylic acid groups (broad SMARTS) is 1. The van der Waals surface area contributed by atoms with Gasteiger partial charge in [0.05, 0.1) is 5.56 Å². The molecule has 0 bridgehead atoms. The fourth-order valence-corrected chi connectivity index (χ4v) is 1.81. The highest BCUT2D eigenvalue weighted by atomic mass is 16.5. The predicted molar refractivity (Wildman–Crippen MR) is 78.6 cm³/mol. The van der Waals surface area contributed by atoms with Gasteiger partial charge in [-0.05, 0) is 18.2 Å². The van der Waals surface area contributed by atoms with Crippen molar-refractivity contribution in [1.29, 1.82) is 0 Å². The van der Waals surface area contributed by atoms with Crippen molar-refractivity contribution in [2.75, 3.05) is 6.61 Å². The zero-order chi connectivity index (χ0) is 15.1. The predicted octanol–water partition coefficient (Wildman–Crippen LogP) is 2.94. The third-order valence-electron chi connectivity index (χ3n) is 2.76. The van der Waals surface area contributed by atoms with Crippen molar-refractivity contribution in [3.05, 3.63) is 77.9 Å². The summed E-state index contributed by atoms with van der Waals surface area (Å²) in [7, 11) is 0. The van der Waals surface area contributed by atoms with Gasteiger partial charge in [0.2, 0.25) is 0 Å². The minimum absolute atomic E-state index is 0.0887. The van der Waals surface area contributed by atoms with E-state index in [1.54, 1.807) is 48.5 Å². The summed E-state index contributed by atoms with van der Waals surface area (Å²) in [6, 6.07) is 15.8. The van der Waals surface area contributed by atoms with Crippen LogP contribution in [0.5, 0.6) is 5.75 Å². The highest BCUT2D eigenvalue weighted by Crippen LogP contribution is 2.21. The average Bonchev–Trinajstić information content (AvgIpc) is 2.52. The maximum Gasteiger partial charge on any atom is 0.328 e. The number of para-hydroxylation sites is 1. The number of carbonyl (C=O) groups excluding carboxylic acids is 1. The first-order valence-corrected chi connectivity index (χ1v) is 6.39. The number of rotatable bonds is 6. The molecular weight excluding hydrogens is 268 g/mol. The highest BCUT2D eigenvalue weighted by Gasteiger charge is 2.13. The molecule has 0 spiro atoms. The highest BCUT2D eigenvalue weighted by molar-refractivity contribution is 6.10. The van der Waals surface area contributed by atoms with Gasteiger partial charge in [-0.15, -0.1) is 0 Å². The fourth-order valence-electron chi connectivity index (χ4n) is 1.81. The molecule has 2 rings (SSSR count). The Bertz CT molecular complexity index is 660. The minimum Gasteiger partial charge on any atom is -0.489 e. The van der Waals surface area contributed by atoms with E-state index < -0.39 is 5.97 Å². The third kappa shape index (κ3) is 4.04. The van der Waals surface area contributed by atoms with E-state index >= 15 is 0 Å². The average molecular weight is 282 g/mol. The van der Waals surface area contributed by atoms with E-state index in [-0.39, 0.29) is 12.4 Å². The van der Waals surface area contributed by atoms with Crippen molar-refractivity contribution < 1.29 is 19.4 Å². The molecule has 4 nitrogen and oxygen atoms in total. The summed E-state index contributed by atoms with van der Waals surface area (Å²) in [6.07, 6.45) is 2.38. The van der Waals surface area contributed by atoms with E-state index in [1.807, 2.05) is 6.07 Å². The Labute approximate surface area is 122 Å². The quantitative estimate of drug-likeness (QED) is 0.653. The van der Waals surface area contributed by atoms with Crippen LogP contribution in [0.4, 0.5) is 0 Å². The van der Waals surface area contributed by atoms with Crippen LogP contribution in [0.1, 0.15) is 15.9 Å². The fraction of sp³-hybridized carbons (Fsp3) is 0.0588. The van der Waals surface area contributed by atoms with E-state index in [0.717, 1.165) is 6.08 Å². The summed E-state index contributed by atoms with van der Waals surface area (Å²) >= 11 is 0. The molecule has 21 heavy (non-hydrogen) atoms. The Kier molecular flexibility index (Phi) is 4.88. The van der Waals surface area contributed by atoms with Gasteiger partial charge < -0.3 is 9.84 Å². The van der Waals surface area contributed by atoms with E-state index in [0.29, 0.717) is 16.9 Å². The van der Waals surface area contributed by atoms with Crippen LogP contribution in [-0.4, -0.2) is 23.5 Å². The first-order valence-electron chi connectivity index (χ1n) is 6.39. The summed E-state index contributed by atoms with van der Waals surface area (Å²) in [5.74, 6) is -0.734. The lowest BCUT2D eigenvalue weighted by Crippen LogP contribution is -2.05. The SMILES string of the molecule is O=C(O)C=CCOc1ccccc1C(=O)c1ccccc1. The Morgan fingerprint density at radius 3 is 2.38 bits per heavy atom. The number of aliphatic carboxylic acids is 1. The normalized spacial score (nSPS) is 10.5. The van der Waals surface area contributed by atoms with Gasteiger partial charge in [0, 0.05) is 11.6 Å². The van der Waals surface area contributed by atoms with E-state index in [4.69, 9.17) is 9.84 Å². The van der Waals surface area contributed by atoms with Gasteiger partial charge in [0.25, 0.3) is 0 Å². The molecule has 0 radical (unpaired) electrons. The lowest BCUT2D eigenvalue weighted by atomic mass is 10.0. The van der Waals surface area contributed by atoms with Crippen molar-refractivity contribution in [3.63, 3.8) is 0 Å². The molecule has 1 N–H and O–H groups in total. The van der Waals surface area contributed by atoms with Crippen LogP contribution in [0.2, 0.25) is 0 Å². The molecule has 2 aromatic carbocycles. The maximum atomic E-state index is 12.4. The van der Waals surface area contributed by atoms with Gasteiger partial charge in [0.1, 0.15) is 12.4 Å². The monoisotopic (exact) mass is 282 g/mol. The van der Waals surface area contributed by atoms with Crippen LogP contribution in [0, 0.1) is 0 Å². The molecule has 0 fully saturated rings. The Morgan fingerprint density at radius 2 is 1.67 bits per heavy atom. The zero-order valence-corrected chi connectivity index (χ0v) is 11.2. The molecule has 4 heteroatoms. The van der Waals surface area contributed by atoms with Crippen molar-refractivity contribution >= 4 is 11.8 Å². The zero-order valence-electron chi connectivity index (χ0n) is 11.2. The summed E-state index contributed by atoms with van der Waals surface area (Å²) in [5, 5.41) is 8.51. The maximum absolute atomic E-state index is 12.4. The summed E-state index contributed by atoms with van der Waals surface area (Å²) in [6.45, 7) is 0.0887. The van der Waals surface area contributed by atoms with Crippen LogP contribution < -0.4 is 4.74 Å². The number of hydrogen-bond donors (Lipinski definition) is 1. The largest absolute Gasteiger partial charge is 0.489 e. The van der Waals surface area contributed by atoms with Gasteiger partial charge in [-0.25, -0.2) is 4.79 Å².